The van der Waals surface area contributed by atoms with Gasteiger partial charge in [-0.3, -0.25) is 0 Å². The predicted molar refractivity (Wildman–Crippen MR) is 233 cm³/mol. The van der Waals surface area contributed by atoms with E-state index in [1.807, 2.05) is 97.1 Å². The van der Waals surface area contributed by atoms with E-state index < -0.39 is 7.14 Å². The molecule has 0 saturated carbocycles. The highest BCUT2D eigenvalue weighted by atomic mass is 31.2. The average Bonchev–Trinajstić information content (AvgIpc) is 4.00. The summed E-state index contributed by atoms with van der Waals surface area (Å²) in [5, 5.41) is 2.05. The zero-order valence-electron chi connectivity index (χ0n) is 32.3. The lowest BCUT2D eigenvalue weighted by Crippen LogP contribution is -2.24. The SMILES string of the molecule is Cc1cc(C)c(-c2c3nc(nc4ccc([nH]4)c(-c4c(C)cc(C)cc4C)c4cc(P(=O)(c5ccccc5)c5ccccc5)c(nc5nc2C=C5)[nH]4)C=C3)c(C)c1. The highest BCUT2D eigenvalue weighted by Gasteiger charge is 2.33. The van der Waals surface area contributed by atoms with Gasteiger partial charge in [-0.25, -0.2) is 19.9 Å². The Balaban J connectivity index is 1.47. The molecule has 274 valence electrons. The normalized spacial score (nSPS) is 12.4. The number of H-pyrrole nitrogens is 2. The number of aryl methyl sites for hydroxylation is 6. The van der Waals surface area contributed by atoms with Gasteiger partial charge in [0.05, 0.1) is 22.2 Å². The number of benzene rings is 4. The highest BCUT2D eigenvalue weighted by molar-refractivity contribution is 7.85. The van der Waals surface area contributed by atoms with Crippen LogP contribution in [0.3, 0.4) is 0 Å². The Morgan fingerprint density at radius 3 is 1.50 bits per heavy atom. The van der Waals surface area contributed by atoms with Crippen LogP contribution in [0.15, 0.2) is 103 Å². The molecule has 8 heteroatoms. The van der Waals surface area contributed by atoms with Gasteiger partial charge in [-0.05, 0) is 117 Å². The van der Waals surface area contributed by atoms with E-state index in [0.717, 1.165) is 77.5 Å². The fourth-order valence-corrected chi connectivity index (χ4v) is 11.2. The summed E-state index contributed by atoms with van der Waals surface area (Å²) in [4.78, 5) is 27.8. The van der Waals surface area contributed by atoms with Gasteiger partial charge in [-0.1, -0.05) is 96.1 Å². The molecule has 5 heterocycles. The van der Waals surface area contributed by atoms with E-state index in [1.54, 1.807) is 0 Å². The molecule has 2 aliphatic heterocycles. The van der Waals surface area contributed by atoms with Gasteiger partial charge in [0.15, 0.2) is 18.8 Å². The Hall–Kier alpha value is -6.43. The average molecular weight is 749 g/mol. The summed E-state index contributed by atoms with van der Waals surface area (Å²) >= 11 is 0. The molecular formula is C48H41N6OP. The number of aromatic amines is 2. The van der Waals surface area contributed by atoms with Crippen molar-refractivity contribution >= 4 is 69.7 Å². The zero-order chi connectivity index (χ0) is 38.7. The van der Waals surface area contributed by atoms with Crippen molar-refractivity contribution in [3.05, 3.63) is 160 Å². The lowest BCUT2D eigenvalue weighted by Gasteiger charge is -2.18. The summed E-state index contributed by atoms with van der Waals surface area (Å²) in [7, 11) is -3.50. The van der Waals surface area contributed by atoms with Crippen molar-refractivity contribution in [3.8, 4) is 22.3 Å². The molecule has 3 aromatic heterocycles. The number of fused-ring (bicyclic) bond motifs is 8. The Labute approximate surface area is 326 Å². The molecule has 7 aromatic rings. The van der Waals surface area contributed by atoms with Gasteiger partial charge in [0, 0.05) is 27.3 Å². The van der Waals surface area contributed by atoms with E-state index in [0.29, 0.717) is 28.2 Å². The second kappa shape index (κ2) is 13.7. The van der Waals surface area contributed by atoms with E-state index in [9.17, 15) is 0 Å². The number of hydrogen-bond donors (Lipinski definition) is 2. The molecule has 0 amide bonds. The van der Waals surface area contributed by atoms with Crippen LogP contribution in [-0.2, 0) is 4.57 Å². The number of nitrogens with zero attached hydrogens (tertiary/aromatic N) is 4. The molecule has 0 aliphatic carbocycles. The molecule has 2 aliphatic rings. The first-order chi connectivity index (χ1) is 27.1. The Morgan fingerprint density at radius 2 is 0.964 bits per heavy atom. The topological polar surface area (TPSA) is 100 Å². The summed E-state index contributed by atoms with van der Waals surface area (Å²) in [6.45, 7) is 12.8. The summed E-state index contributed by atoms with van der Waals surface area (Å²) in [5.74, 6) is 1.09. The molecule has 2 N–H and O–H groups in total. The molecule has 56 heavy (non-hydrogen) atoms. The van der Waals surface area contributed by atoms with Crippen molar-refractivity contribution in [1.29, 1.82) is 0 Å². The van der Waals surface area contributed by atoms with Crippen LogP contribution in [0.5, 0.6) is 0 Å². The number of hydrogen-bond acceptors (Lipinski definition) is 5. The first kappa shape index (κ1) is 35.3. The minimum Gasteiger partial charge on any atom is -0.340 e. The van der Waals surface area contributed by atoms with Crippen LogP contribution in [0.25, 0.3) is 68.9 Å². The van der Waals surface area contributed by atoms with Crippen LogP contribution >= 0.6 is 7.14 Å². The van der Waals surface area contributed by atoms with Crippen molar-refractivity contribution < 1.29 is 4.57 Å². The van der Waals surface area contributed by atoms with Gasteiger partial charge >= 0.3 is 0 Å². The van der Waals surface area contributed by atoms with Gasteiger partial charge in [0.25, 0.3) is 0 Å². The molecule has 0 spiro atoms. The van der Waals surface area contributed by atoms with Gasteiger partial charge in [-0.2, -0.15) is 0 Å². The first-order valence-electron chi connectivity index (χ1n) is 18.8. The maximum Gasteiger partial charge on any atom is 0.174 e. The Kier molecular flexibility index (Phi) is 8.63. The number of aromatic nitrogens is 6. The van der Waals surface area contributed by atoms with E-state index in [2.05, 4.69) is 81.8 Å². The Morgan fingerprint density at radius 1 is 0.464 bits per heavy atom. The molecule has 0 radical (unpaired) electrons. The zero-order valence-corrected chi connectivity index (χ0v) is 33.2. The second-order valence-electron chi connectivity index (χ2n) is 14.9. The minimum absolute atomic E-state index is 0.488. The lowest BCUT2D eigenvalue weighted by molar-refractivity contribution is 0.592. The third kappa shape index (κ3) is 6.05. The first-order valence-corrected chi connectivity index (χ1v) is 20.5. The quantitative estimate of drug-likeness (QED) is 0.171. The van der Waals surface area contributed by atoms with Gasteiger partial charge in [-0.15, -0.1) is 0 Å². The van der Waals surface area contributed by atoms with E-state index in [4.69, 9.17) is 19.9 Å². The van der Waals surface area contributed by atoms with Crippen LogP contribution in [0.1, 0.15) is 56.4 Å². The molecule has 4 aromatic carbocycles. The Bertz CT molecular complexity index is 2920. The second-order valence-corrected chi connectivity index (χ2v) is 17.6. The van der Waals surface area contributed by atoms with E-state index in [-0.39, 0.29) is 0 Å². The van der Waals surface area contributed by atoms with Crippen molar-refractivity contribution in [3.63, 3.8) is 0 Å². The molecule has 7 nitrogen and oxygen atoms in total. The van der Waals surface area contributed by atoms with Crippen LogP contribution in [-0.4, -0.2) is 29.9 Å². The molecule has 8 bridgehead atoms. The molecule has 0 saturated heterocycles. The third-order valence-electron chi connectivity index (χ3n) is 10.6. The smallest absolute Gasteiger partial charge is 0.174 e. The maximum absolute atomic E-state index is 16.1. The van der Waals surface area contributed by atoms with Crippen molar-refractivity contribution in [2.24, 2.45) is 0 Å². The fraction of sp³-hybridized carbons (Fsp3) is 0.125. The standard InChI is InChI=1S/C48H41N6OP/c1-28-23-30(3)44(31(4)24-28)46-36-17-20-41(49-36)53-42-21-18-38(50-42)47(45-32(5)25-29(2)26-33(45)6)39-27-40(48(52-39)54-43-22-19-37(46)51-43)56(55,34-13-9-7-10-14-34)35-15-11-8-12-16-35/h7-27H,1-6H3,(H,49,50,53)(H,51,52,54). The van der Waals surface area contributed by atoms with Crippen molar-refractivity contribution in [2.45, 2.75) is 41.5 Å². The molecular weight excluding hydrogens is 708 g/mol. The minimum atomic E-state index is -3.50. The summed E-state index contributed by atoms with van der Waals surface area (Å²) < 4.78 is 16.1. The van der Waals surface area contributed by atoms with Crippen LogP contribution in [0.2, 0.25) is 0 Å². The van der Waals surface area contributed by atoms with Crippen molar-refractivity contribution in [1.82, 2.24) is 29.9 Å². The van der Waals surface area contributed by atoms with Crippen LogP contribution < -0.4 is 15.9 Å². The van der Waals surface area contributed by atoms with Crippen molar-refractivity contribution in [2.75, 3.05) is 0 Å². The summed E-state index contributed by atoms with van der Waals surface area (Å²) in [5.41, 5.74) is 15.2. The molecule has 0 fully saturated rings. The highest BCUT2D eigenvalue weighted by Crippen LogP contribution is 2.45. The fourth-order valence-electron chi connectivity index (χ4n) is 8.48. The summed E-state index contributed by atoms with van der Waals surface area (Å²) in [6, 6.07) is 34.3. The van der Waals surface area contributed by atoms with Gasteiger partial charge in [0.1, 0.15) is 11.3 Å². The molecule has 0 atom stereocenters. The molecule has 0 unspecified atom stereocenters. The van der Waals surface area contributed by atoms with Crippen LogP contribution in [0, 0.1) is 41.5 Å². The van der Waals surface area contributed by atoms with E-state index >= 15 is 4.57 Å². The monoisotopic (exact) mass is 748 g/mol. The maximum atomic E-state index is 16.1. The number of rotatable bonds is 5. The largest absolute Gasteiger partial charge is 0.340 e. The predicted octanol–water partition coefficient (Wildman–Crippen LogP) is 10.3. The van der Waals surface area contributed by atoms with Gasteiger partial charge in [0.2, 0.25) is 0 Å². The van der Waals surface area contributed by atoms with E-state index in [1.165, 1.54) is 11.1 Å². The number of nitrogens with one attached hydrogen (secondary N) is 2. The van der Waals surface area contributed by atoms with Crippen LogP contribution in [0.4, 0.5) is 0 Å². The third-order valence-corrected chi connectivity index (χ3v) is 13.7. The van der Waals surface area contributed by atoms with Gasteiger partial charge < -0.3 is 14.5 Å². The lowest BCUT2D eigenvalue weighted by atomic mass is 9.92. The summed E-state index contributed by atoms with van der Waals surface area (Å²) in [6.07, 6.45) is 7.90. The molecule has 9 rings (SSSR count).